The van der Waals surface area contributed by atoms with Gasteiger partial charge in [-0.1, -0.05) is 43.7 Å². The largest absolute Gasteiger partial charge is 0.411 e. The van der Waals surface area contributed by atoms with Crippen molar-refractivity contribution in [2.45, 2.75) is 64.2 Å². The van der Waals surface area contributed by atoms with Crippen LogP contribution < -0.4 is 0 Å². The van der Waals surface area contributed by atoms with Gasteiger partial charge in [0.2, 0.25) is 0 Å². The molecule has 18 heavy (non-hydrogen) atoms. The number of nitrogens with zero attached hydrogens (tertiary/aromatic N) is 2. The van der Waals surface area contributed by atoms with E-state index in [9.17, 15) is 5.21 Å². The molecule has 0 spiro atoms. The van der Waals surface area contributed by atoms with Gasteiger partial charge in [-0.3, -0.25) is 4.99 Å². The summed E-state index contributed by atoms with van der Waals surface area (Å²) in [6.45, 7) is 0. The van der Waals surface area contributed by atoms with E-state index in [1.54, 1.807) is 0 Å². The van der Waals surface area contributed by atoms with Crippen LogP contribution in [0.1, 0.15) is 64.2 Å². The molecule has 2 fully saturated rings. The van der Waals surface area contributed by atoms with Crippen molar-refractivity contribution >= 4 is 11.4 Å². The van der Waals surface area contributed by atoms with Crippen molar-refractivity contribution in [3.05, 3.63) is 0 Å². The molecular weight excluding hydrogens is 224 g/mol. The Hall–Kier alpha value is -0.860. The zero-order valence-electron chi connectivity index (χ0n) is 11.6. The summed E-state index contributed by atoms with van der Waals surface area (Å²) in [4.78, 5) is 4.48. The van der Waals surface area contributed by atoms with Gasteiger partial charge in [-0.15, -0.1) is 0 Å². The van der Waals surface area contributed by atoms with Crippen molar-refractivity contribution in [3.8, 4) is 0 Å². The first kappa shape index (κ1) is 13.6. The third-order valence-corrected chi connectivity index (χ3v) is 4.59. The molecule has 1 N–H and O–H groups in total. The van der Waals surface area contributed by atoms with Gasteiger partial charge in [0.25, 0.3) is 0 Å². The minimum atomic E-state index is 0.448. The van der Waals surface area contributed by atoms with Crippen LogP contribution in [-0.4, -0.2) is 23.7 Å². The predicted molar refractivity (Wildman–Crippen MR) is 75.7 cm³/mol. The minimum absolute atomic E-state index is 0.448. The summed E-state index contributed by atoms with van der Waals surface area (Å²) in [6.07, 6.45) is 12.6. The van der Waals surface area contributed by atoms with Gasteiger partial charge in [-0.05, 0) is 25.7 Å². The summed E-state index contributed by atoms with van der Waals surface area (Å²) < 4.78 is 0. The highest BCUT2D eigenvalue weighted by Crippen LogP contribution is 2.30. The number of hydrogen-bond acceptors (Lipinski definition) is 3. The Labute approximate surface area is 110 Å². The molecule has 0 radical (unpaired) electrons. The zero-order valence-corrected chi connectivity index (χ0v) is 11.6. The lowest BCUT2D eigenvalue weighted by molar-refractivity contribution is 0.311. The first-order chi connectivity index (χ1) is 8.86. The summed E-state index contributed by atoms with van der Waals surface area (Å²) >= 11 is 0. The topological polar surface area (TPSA) is 45.0 Å². The molecule has 2 rings (SSSR count). The van der Waals surface area contributed by atoms with E-state index in [-0.39, 0.29) is 0 Å². The Morgan fingerprint density at radius 1 is 0.778 bits per heavy atom. The van der Waals surface area contributed by atoms with Crippen LogP contribution in [0, 0.1) is 11.8 Å². The lowest BCUT2D eigenvalue weighted by Crippen LogP contribution is -2.32. The zero-order chi connectivity index (χ0) is 12.8. The molecule has 0 aromatic heterocycles. The lowest BCUT2D eigenvalue weighted by atomic mass is 9.77. The van der Waals surface area contributed by atoms with Gasteiger partial charge < -0.3 is 5.21 Å². The molecule has 3 heteroatoms. The first-order valence-corrected chi connectivity index (χ1v) is 7.55. The minimum Gasteiger partial charge on any atom is -0.411 e. The highest BCUT2D eigenvalue weighted by molar-refractivity contribution is 6.43. The highest BCUT2D eigenvalue weighted by Gasteiger charge is 2.29. The van der Waals surface area contributed by atoms with Crippen LogP contribution in [0.2, 0.25) is 0 Å². The van der Waals surface area contributed by atoms with Gasteiger partial charge in [0.15, 0.2) is 0 Å². The molecule has 2 aliphatic carbocycles. The van der Waals surface area contributed by atoms with Gasteiger partial charge in [0.05, 0.1) is 5.71 Å². The molecule has 0 aromatic carbocycles. The second-order valence-electron chi connectivity index (χ2n) is 5.76. The average Bonchev–Trinajstić information content (AvgIpc) is 2.46. The second kappa shape index (κ2) is 6.91. The molecule has 2 saturated carbocycles. The molecule has 3 nitrogen and oxygen atoms in total. The standard InChI is InChI=1S/C15H26N2O/c1-16-14(12-8-4-2-5-9-12)15(17-18)13-10-6-3-7-11-13/h12-13,18H,2-11H2,1H3/b16-14?,17-15+. The molecule has 0 unspecified atom stereocenters. The molecule has 0 aliphatic heterocycles. The van der Waals surface area contributed by atoms with Crippen LogP contribution in [0.3, 0.4) is 0 Å². The van der Waals surface area contributed by atoms with Crippen molar-refractivity contribution in [3.63, 3.8) is 0 Å². The molecular formula is C15H26N2O. The summed E-state index contributed by atoms with van der Waals surface area (Å²) in [6, 6.07) is 0. The average molecular weight is 250 g/mol. The Bertz CT molecular complexity index is 278. The van der Waals surface area contributed by atoms with Gasteiger partial charge in [-0.2, -0.15) is 0 Å². The van der Waals surface area contributed by atoms with Crippen LogP contribution in [0.15, 0.2) is 10.1 Å². The molecule has 0 amide bonds. The number of hydrogen-bond donors (Lipinski definition) is 1. The van der Waals surface area contributed by atoms with Crippen LogP contribution in [0.25, 0.3) is 0 Å². The number of aliphatic imine (C=N–C) groups is 1. The van der Waals surface area contributed by atoms with Crippen molar-refractivity contribution in [1.29, 1.82) is 0 Å². The summed E-state index contributed by atoms with van der Waals surface area (Å²) in [5.74, 6) is 0.987. The molecule has 0 heterocycles. The molecule has 0 saturated heterocycles. The Morgan fingerprint density at radius 3 is 1.61 bits per heavy atom. The van der Waals surface area contributed by atoms with Crippen molar-refractivity contribution in [2.24, 2.45) is 22.0 Å². The monoisotopic (exact) mass is 250 g/mol. The lowest BCUT2D eigenvalue weighted by Gasteiger charge is -2.28. The van der Waals surface area contributed by atoms with E-state index >= 15 is 0 Å². The van der Waals surface area contributed by atoms with Gasteiger partial charge >= 0.3 is 0 Å². The Kier molecular flexibility index (Phi) is 5.21. The Balaban J connectivity index is 2.08. The van der Waals surface area contributed by atoms with E-state index in [4.69, 9.17) is 0 Å². The summed E-state index contributed by atoms with van der Waals surface area (Å²) in [5.41, 5.74) is 2.01. The molecule has 0 bridgehead atoms. The Morgan fingerprint density at radius 2 is 1.22 bits per heavy atom. The van der Waals surface area contributed by atoms with E-state index in [2.05, 4.69) is 10.1 Å². The van der Waals surface area contributed by atoms with E-state index in [0.29, 0.717) is 11.8 Å². The van der Waals surface area contributed by atoms with E-state index in [1.807, 2.05) is 7.05 Å². The van der Waals surface area contributed by atoms with Gasteiger partial charge in [0, 0.05) is 18.9 Å². The van der Waals surface area contributed by atoms with Crippen molar-refractivity contribution in [2.75, 3.05) is 7.05 Å². The van der Waals surface area contributed by atoms with Crippen LogP contribution in [0.5, 0.6) is 0 Å². The summed E-state index contributed by atoms with van der Waals surface area (Å²) in [5, 5.41) is 13.1. The third-order valence-electron chi connectivity index (χ3n) is 4.59. The highest BCUT2D eigenvalue weighted by atomic mass is 16.4. The van der Waals surface area contributed by atoms with Crippen LogP contribution in [0.4, 0.5) is 0 Å². The number of rotatable bonds is 3. The predicted octanol–water partition coefficient (Wildman–Crippen LogP) is 4.05. The third kappa shape index (κ3) is 3.12. The van der Waals surface area contributed by atoms with E-state index in [0.717, 1.165) is 11.4 Å². The van der Waals surface area contributed by atoms with E-state index in [1.165, 1.54) is 64.2 Å². The second-order valence-corrected chi connectivity index (χ2v) is 5.76. The van der Waals surface area contributed by atoms with Crippen LogP contribution >= 0.6 is 0 Å². The maximum Gasteiger partial charge on any atom is 0.104 e. The fourth-order valence-electron chi connectivity index (χ4n) is 3.60. The van der Waals surface area contributed by atoms with E-state index < -0.39 is 0 Å². The first-order valence-electron chi connectivity index (χ1n) is 7.55. The molecule has 0 atom stereocenters. The number of oxime groups is 1. The smallest absolute Gasteiger partial charge is 0.104 e. The fourth-order valence-corrected chi connectivity index (χ4v) is 3.60. The van der Waals surface area contributed by atoms with Crippen molar-refractivity contribution in [1.82, 2.24) is 0 Å². The maximum atomic E-state index is 9.42. The fraction of sp³-hybridized carbons (Fsp3) is 0.867. The normalized spacial score (nSPS) is 25.4. The molecule has 0 aromatic rings. The molecule has 102 valence electrons. The maximum absolute atomic E-state index is 9.42. The van der Waals surface area contributed by atoms with Gasteiger partial charge in [-0.25, -0.2) is 0 Å². The van der Waals surface area contributed by atoms with Crippen molar-refractivity contribution < 1.29 is 5.21 Å². The van der Waals surface area contributed by atoms with Gasteiger partial charge in [0.1, 0.15) is 5.71 Å². The quantitative estimate of drug-likeness (QED) is 0.458. The van der Waals surface area contributed by atoms with Crippen LogP contribution in [-0.2, 0) is 0 Å². The summed E-state index contributed by atoms with van der Waals surface area (Å²) in [7, 11) is 1.86. The molecule has 2 aliphatic rings. The SMILES string of the molecule is CN=C(/C(=N/O)C1CCCCC1)C1CCCCC1.